The zero-order valence-corrected chi connectivity index (χ0v) is 14.7. The SMILES string of the molecule is O=C1NC(=O)N(c2ccccc2F)C(=O)/C1=C\c1ccc(-c2ccc(F)cc2)o1. The van der Waals surface area contributed by atoms with Crippen molar-refractivity contribution in [2.45, 2.75) is 0 Å². The summed E-state index contributed by atoms with van der Waals surface area (Å²) in [4.78, 5) is 37.6. The fourth-order valence-electron chi connectivity index (χ4n) is 2.85. The summed E-state index contributed by atoms with van der Waals surface area (Å²) in [5.74, 6) is -2.55. The van der Waals surface area contributed by atoms with E-state index in [0.717, 1.165) is 12.1 Å². The van der Waals surface area contributed by atoms with Crippen molar-refractivity contribution in [2.24, 2.45) is 0 Å². The molecule has 1 fully saturated rings. The van der Waals surface area contributed by atoms with Crippen LogP contribution in [-0.4, -0.2) is 17.8 Å². The van der Waals surface area contributed by atoms with Gasteiger partial charge in [0.15, 0.2) is 0 Å². The third-order valence-electron chi connectivity index (χ3n) is 4.24. The number of amides is 4. The number of hydrogen-bond acceptors (Lipinski definition) is 4. The number of nitrogens with zero attached hydrogens (tertiary/aromatic N) is 1. The van der Waals surface area contributed by atoms with Crippen LogP contribution in [0, 0.1) is 11.6 Å². The van der Waals surface area contributed by atoms with Gasteiger partial charge in [-0.2, -0.15) is 0 Å². The molecule has 1 aromatic heterocycles. The first-order chi connectivity index (χ1) is 13.9. The number of imide groups is 2. The van der Waals surface area contributed by atoms with Crippen LogP contribution < -0.4 is 10.2 Å². The Bertz CT molecular complexity index is 1170. The summed E-state index contributed by atoms with van der Waals surface area (Å²) < 4.78 is 32.7. The Morgan fingerprint density at radius 2 is 1.62 bits per heavy atom. The average molecular weight is 394 g/mol. The van der Waals surface area contributed by atoms with E-state index in [9.17, 15) is 23.2 Å². The van der Waals surface area contributed by atoms with Crippen LogP contribution >= 0.6 is 0 Å². The Morgan fingerprint density at radius 1 is 0.897 bits per heavy atom. The van der Waals surface area contributed by atoms with Crippen LogP contribution in [0.3, 0.4) is 0 Å². The minimum absolute atomic E-state index is 0.158. The second kappa shape index (κ2) is 7.16. The van der Waals surface area contributed by atoms with Gasteiger partial charge < -0.3 is 4.42 Å². The van der Waals surface area contributed by atoms with Crippen LogP contribution in [0.15, 0.2) is 70.7 Å². The molecule has 2 aromatic carbocycles. The molecule has 0 aliphatic carbocycles. The van der Waals surface area contributed by atoms with Crippen molar-refractivity contribution in [2.75, 3.05) is 4.90 Å². The van der Waals surface area contributed by atoms with Crippen molar-refractivity contribution < 1.29 is 27.6 Å². The summed E-state index contributed by atoms with van der Waals surface area (Å²) >= 11 is 0. The predicted molar refractivity (Wildman–Crippen MR) is 99.5 cm³/mol. The molecule has 29 heavy (non-hydrogen) atoms. The first kappa shape index (κ1) is 18.3. The van der Waals surface area contributed by atoms with Crippen LogP contribution in [0.2, 0.25) is 0 Å². The molecule has 0 bridgehead atoms. The molecule has 0 spiro atoms. The lowest BCUT2D eigenvalue weighted by Crippen LogP contribution is -2.54. The van der Waals surface area contributed by atoms with Gasteiger partial charge in [-0.1, -0.05) is 12.1 Å². The van der Waals surface area contributed by atoms with E-state index in [2.05, 4.69) is 0 Å². The van der Waals surface area contributed by atoms with Gasteiger partial charge in [0.05, 0.1) is 5.69 Å². The standard InChI is InChI=1S/C21H12F2N2O4/c22-13-7-5-12(6-8-13)18-10-9-14(29-18)11-15-19(26)24-21(28)25(20(15)27)17-4-2-1-3-16(17)23/h1-11H,(H,24,26,28)/b15-11-. The van der Waals surface area contributed by atoms with E-state index in [1.54, 1.807) is 6.07 Å². The van der Waals surface area contributed by atoms with Gasteiger partial charge in [0, 0.05) is 5.56 Å². The summed E-state index contributed by atoms with van der Waals surface area (Å²) in [6, 6.07) is 12.8. The maximum absolute atomic E-state index is 14.1. The fraction of sp³-hybridized carbons (Fsp3) is 0. The van der Waals surface area contributed by atoms with Crippen LogP contribution in [0.5, 0.6) is 0 Å². The number of benzene rings is 2. The Labute approximate surface area is 163 Å². The topological polar surface area (TPSA) is 79.6 Å². The first-order valence-electron chi connectivity index (χ1n) is 8.46. The highest BCUT2D eigenvalue weighted by molar-refractivity contribution is 6.39. The lowest BCUT2D eigenvalue weighted by atomic mass is 10.1. The number of carbonyl (C=O) groups is 3. The van der Waals surface area contributed by atoms with E-state index in [1.807, 2.05) is 5.32 Å². The van der Waals surface area contributed by atoms with Crippen molar-refractivity contribution in [3.05, 3.63) is 83.6 Å². The number of barbiturate groups is 1. The predicted octanol–water partition coefficient (Wildman–Crippen LogP) is 3.89. The zero-order valence-electron chi connectivity index (χ0n) is 14.7. The fourth-order valence-corrected chi connectivity index (χ4v) is 2.85. The van der Waals surface area contributed by atoms with Gasteiger partial charge in [-0.05, 0) is 54.6 Å². The van der Waals surface area contributed by atoms with E-state index in [1.165, 1.54) is 48.5 Å². The van der Waals surface area contributed by atoms with E-state index in [-0.39, 0.29) is 11.4 Å². The molecule has 1 aliphatic rings. The number of anilines is 1. The number of rotatable bonds is 3. The first-order valence-corrected chi connectivity index (χ1v) is 8.46. The molecule has 0 saturated carbocycles. The van der Waals surface area contributed by atoms with Crippen molar-refractivity contribution in [1.82, 2.24) is 5.32 Å². The highest BCUT2D eigenvalue weighted by Gasteiger charge is 2.38. The quantitative estimate of drug-likeness (QED) is 0.540. The minimum Gasteiger partial charge on any atom is -0.457 e. The summed E-state index contributed by atoms with van der Waals surface area (Å²) in [7, 11) is 0. The number of furan rings is 1. The zero-order chi connectivity index (χ0) is 20.5. The molecule has 2 heterocycles. The Hall–Kier alpha value is -4.07. The van der Waals surface area contributed by atoms with Gasteiger partial charge in [-0.15, -0.1) is 0 Å². The van der Waals surface area contributed by atoms with Crippen LogP contribution in [0.25, 0.3) is 17.4 Å². The highest BCUT2D eigenvalue weighted by Crippen LogP contribution is 2.27. The lowest BCUT2D eigenvalue weighted by Gasteiger charge is -2.26. The van der Waals surface area contributed by atoms with Gasteiger partial charge in [0.2, 0.25) is 0 Å². The molecule has 1 aliphatic heterocycles. The number of nitrogens with one attached hydrogen (secondary N) is 1. The highest BCUT2D eigenvalue weighted by atomic mass is 19.1. The lowest BCUT2D eigenvalue weighted by molar-refractivity contribution is -0.122. The van der Waals surface area contributed by atoms with Gasteiger partial charge in [-0.3, -0.25) is 14.9 Å². The number of halogens is 2. The van der Waals surface area contributed by atoms with Crippen LogP contribution in [-0.2, 0) is 9.59 Å². The van der Waals surface area contributed by atoms with E-state index >= 15 is 0 Å². The molecule has 4 rings (SSSR count). The summed E-state index contributed by atoms with van der Waals surface area (Å²) in [5.41, 5.74) is -0.0775. The molecule has 0 radical (unpaired) electrons. The molecule has 8 heteroatoms. The molecule has 4 amide bonds. The largest absolute Gasteiger partial charge is 0.457 e. The molecule has 1 saturated heterocycles. The maximum atomic E-state index is 14.1. The summed E-state index contributed by atoms with van der Waals surface area (Å²) in [6.45, 7) is 0. The maximum Gasteiger partial charge on any atom is 0.336 e. The van der Waals surface area contributed by atoms with Gasteiger partial charge in [-0.25, -0.2) is 18.5 Å². The summed E-state index contributed by atoms with van der Waals surface area (Å²) in [5, 5.41) is 2.01. The van der Waals surface area contributed by atoms with Gasteiger partial charge in [0.25, 0.3) is 11.8 Å². The van der Waals surface area contributed by atoms with Crippen LogP contribution in [0.4, 0.5) is 19.3 Å². The summed E-state index contributed by atoms with van der Waals surface area (Å²) in [6.07, 6.45) is 1.16. The van der Waals surface area contributed by atoms with Crippen LogP contribution in [0.1, 0.15) is 5.76 Å². The number of hydrogen-bond donors (Lipinski definition) is 1. The van der Waals surface area contributed by atoms with Crippen molar-refractivity contribution in [3.8, 4) is 11.3 Å². The van der Waals surface area contributed by atoms with Gasteiger partial charge >= 0.3 is 6.03 Å². The number of para-hydroxylation sites is 1. The Kier molecular flexibility index (Phi) is 4.52. The number of carbonyl (C=O) groups excluding carboxylic acids is 3. The van der Waals surface area contributed by atoms with Crippen molar-refractivity contribution >= 4 is 29.6 Å². The molecular formula is C21H12F2N2O4. The smallest absolute Gasteiger partial charge is 0.336 e. The normalized spacial score (nSPS) is 15.7. The molecule has 1 N–H and O–H groups in total. The second-order valence-corrected chi connectivity index (χ2v) is 6.12. The van der Waals surface area contributed by atoms with Crippen molar-refractivity contribution in [1.29, 1.82) is 0 Å². The minimum atomic E-state index is -1.05. The Balaban J connectivity index is 1.68. The molecule has 144 valence electrons. The molecule has 0 unspecified atom stereocenters. The molecule has 3 aromatic rings. The third kappa shape index (κ3) is 3.43. The van der Waals surface area contributed by atoms with Crippen molar-refractivity contribution in [3.63, 3.8) is 0 Å². The van der Waals surface area contributed by atoms with E-state index < -0.39 is 35.1 Å². The Morgan fingerprint density at radius 3 is 2.34 bits per heavy atom. The molecular weight excluding hydrogens is 382 g/mol. The third-order valence-corrected chi connectivity index (χ3v) is 4.24. The van der Waals surface area contributed by atoms with E-state index in [4.69, 9.17) is 4.42 Å². The average Bonchev–Trinajstić information content (AvgIpc) is 3.16. The molecule has 6 nitrogen and oxygen atoms in total. The van der Waals surface area contributed by atoms with E-state index in [0.29, 0.717) is 16.2 Å². The number of urea groups is 1. The molecule has 0 atom stereocenters. The second-order valence-electron chi connectivity index (χ2n) is 6.12. The van der Waals surface area contributed by atoms with Gasteiger partial charge in [0.1, 0.15) is 28.7 Å². The monoisotopic (exact) mass is 394 g/mol.